The Labute approximate surface area is 120 Å². The van der Waals surface area contributed by atoms with Crippen molar-refractivity contribution < 1.29 is 4.79 Å². The highest BCUT2D eigenvalue weighted by molar-refractivity contribution is 9.10. The van der Waals surface area contributed by atoms with Crippen molar-refractivity contribution in [2.45, 2.75) is 6.42 Å². The number of nitrogens with one attached hydrogen (secondary N) is 2. The lowest BCUT2D eigenvalue weighted by Gasteiger charge is -2.00. The van der Waals surface area contributed by atoms with E-state index >= 15 is 0 Å². The Kier molecular flexibility index (Phi) is 4.92. The molecule has 1 heterocycles. The van der Waals surface area contributed by atoms with Crippen LogP contribution >= 0.6 is 15.9 Å². The van der Waals surface area contributed by atoms with Crippen LogP contribution in [0.3, 0.4) is 0 Å². The molecule has 2 rings (SSSR count). The molecule has 1 amide bonds. The van der Waals surface area contributed by atoms with Crippen molar-refractivity contribution in [2.75, 3.05) is 6.54 Å². The van der Waals surface area contributed by atoms with Crippen LogP contribution in [0.5, 0.6) is 0 Å². The molecule has 0 atom stereocenters. The van der Waals surface area contributed by atoms with Crippen LogP contribution in [0.2, 0.25) is 0 Å². The Hall–Kier alpha value is -1.88. The average molecular weight is 320 g/mol. The normalized spacial score (nSPS) is 10.8. The third-order valence-corrected chi connectivity index (χ3v) is 3.29. The van der Waals surface area contributed by atoms with Crippen molar-refractivity contribution in [2.24, 2.45) is 0 Å². The first-order valence-corrected chi connectivity index (χ1v) is 6.72. The van der Waals surface area contributed by atoms with E-state index in [9.17, 15) is 4.79 Å². The Bertz CT molecular complexity index is 564. The molecule has 0 bridgehead atoms. The summed E-state index contributed by atoms with van der Waals surface area (Å²) < 4.78 is 0.969. The molecule has 0 saturated carbocycles. The number of amides is 1. The number of hydrogen-bond acceptors (Lipinski definition) is 2. The predicted octanol–water partition coefficient (Wildman–Crippen LogP) is 2.54. The van der Waals surface area contributed by atoms with Gasteiger partial charge in [0, 0.05) is 35.4 Å². The maximum Gasteiger partial charge on any atom is 0.244 e. The molecule has 1 aromatic heterocycles. The zero-order chi connectivity index (χ0) is 13.5. The molecule has 4 nitrogen and oxygen atoms in total. The number of aromatic nitrogens is 2. The molecular weight excluding hydrogens is 306 g/mol. The summed E-state index contributed by atoms with van der Waals surface area (Å²) in [4.78, 5) is 18.5. The van der Waals surface area contributed by atoms with Crippen LogP contribution in [-0.2, 0) is 11.2 Å². The quantitative estimate of drug-likeness (QED) is 0.832. The number of imidazole rings is 1. The average Bonchev–Trinajstić information content (AvgIpc) is 2.91. The Balaban J connectivity index is 1.79. The number of benzene rings is 1. The van der Waals surface area contributed by atoms with Gasteiger partial charge < -0.3 is 10.3 Å². The van der Waals surface area contributed by atoms with Crippen LogP contribution in [0.4, 0.5) is 0 Å². The minimum atomic E-state index is -0.102. The summed E-state index contributed by atoms with van der Waals surface area (Å²) in [5.74, 6) is -0.102. The number of halogens is 1. The molecule has 19 heavy (non-hydrogen) atoms. The summed E-state index contributed by atoms with van der Waals surface area (Å²) in [5, 5.41) is 2.82. The van der Waals surface area contributed by atoms with E-state index < -0.39 is 0 Å². The molecule has 0 unspecified atom stereocenters. The fourth-order valence-corrected chi connectivity index (χ4v) is 1.99. The Morgan fingerprint density at radius 3 is 3.00 bits per heavy atom. The highest BCUT2D eigenvalue weighted by atomic mass is 79.9. The zero-order valence-corrected chi connectivity index (χ0v) is 11.9. The van der Waals surface area contributed by atoms with Crippen LogP contribution in [0, 0.1) is 0 Å². The lowest BCUT2D eigenvalue weighted by Crippen LogP contribution is -2.23. The minimum absolute atomic E-state index is 0.102. The van der Waals surface area contributed by atoms with E-state index in [0.29, 0.717) is 6.54 Å². The van der Waals surface area contributed by atoms with E-state index in [1.807, 2.05) is 24.3 Å². The van der Waals surface area contributed by atoms with Gasteiger partial charge in [-0.1, -0.05) is 34.1 Å². The molecule has 5 heteroatoms. The first-order valence-electron chi connectivity index (χ1n) is 5.93. The first-order chi connectivity index (χ1) is 9.25. The second-order valence-corrected chi connectivity index (χ2v) is 4.83. The number of aromatic amines is 1. The summed E-state index contributed by atoms with van der Waals surface area (Å²) in [5.41, 5.74) is 1.99. The van der Waals surface area contributed by atoms with Crippen molar-refractivity contribution in [1.82, 2.24) is 15.3 Å². The van der Waals surface area contributed by atoms with Crippen molar-refractivity contribution in [3.05, 3.63) is 58.6 Å². The van der Waals surface area contributed by atoms with Crippen molar-refractivity contribution >= 4 is 27.9 Å². The SMILES string of the molecule is O=C(C=Cc1ccccc1Br)NCCc1cnc[nH]1. The van der Waals surface area contributed by atoms with Crippen LogP contribution in [0.1, 0.15) is 11.3 Å². The van der Waals surface area contributed by atoms with E-state index in [-0.39, 0.29) is 5.91 Å². The summed E-state index contributed by atoms with van der Waals surface area (Å²) >= 11 is 3.43. The molecule has 1 aromatic carbocycles. The maximum absolute atomic E-state index is 11.6. The third kappa shape index (κ3) is 4.37. The van der Waals surface area contributed by atoms with Crippen LogP contribution in [0.25, 0.3) is 6.08 Å². The fraction of sp³-hybridized carbons (Fsp3) is 0.143. The molecular formula is C14H14BrN3O. The van der Waals surface area contributed by atoms with E-state index in [1.165, 1.54) is 6.08 Å². The van der Waals surface area contributed by atoms with E-state index in [4.69, 9.17) is 0 Å². The van der Waals surface area contributed by atoms with E-state index in [0.717, 1.165) is 22.2 Å². The maximum atomic E-state index is 11.6. The van der Waals surface area contributed by atoms with Crippen molar-refractivity contribution in [3.8, 4) is 0 Å². The largest absolute Gasteiger partial charge is 0.352 e. The van der Waals surface area contributed by atoms with Crippen molar-refractivity contribution in [3.63, 3.8) is 0 Å². The molecule has 0 aliphatic heterocycles. The smallest absolute Gasteiger partial charge is 0.244 e. The third-order valence-electron chi connectivity index (χ3n) is 2.57. The molecule has 0 aliphatic rings. The van der Waals surface area contributed by atoms with Gasteiger partial charge in [-0.25, -0.2) is 4.98 Å². The number of H-pyrrole nitrogens is 1. The van der Waals surface area contributed by atoms with Gasteiger partial charge >= 0.3 is 0 Å². The molecule has 0 fully saturated rings. The number of carbonyl (C=O) groups is 1. The van der Waals surface area contributed by atoms with Crippen LogP contribution < -0.4 is 5.32 Å². The molecule has 98 valence electrons. The second-order valence-electron chi connectivity index (χ2n) is 3.97. The standard InChI is InChI=1S/C14H14BrN3O/c15-13-4-2-1-3-11(13)5-6-14(19)17-8-7-12-9-16-10-18-12/h1-6,9-10H,7-8H2,(H,16,18)(H,17,19). The van der Waals surface area contributed by atoms with Gasteiger partial charge in [-0.15, -0.1) is 0 Å². The monoisotopic (exact) mass is 319 g/mol. The summed E-state index contributed by atoms with van der Waals surface area (Å²) in [6, 6.07) is 7.75. The number of carbonyl (C=O) groups excluding carboxylic acids is 1. The highest BCUT2D eigenvalue weighted by Gasteiger charge is 1.98. The number of hydrogen-bond donors (Lipinski definition) is 2. The van der Waals surface area contributed by atoms with Gasteiger partial charge in [0.25, 0.3) is 0 Å². The fourth-order valence-electron chi connectivity index (χ4n) is 1.58. The minimum Gasteiger partial charge on any atom is -0.352 e. The Morgan fingerprint density at radius 2 is 2.26 bits per heavy atom. The van der Waals surface area contributed by atoms with Crippen molar-refractivity contribution in [1.29, 1.82) is 0 Å². The molecule has 2 aromatic rings. The second kappa shape index (κ2) is 6.89. The van der Waals surface area contributed by atoms with Gasteiger partial charge in [-0.05, 0) is 17.7 Å². The molecule has 0 spiro atoms. The van der Waals surface area contributed by atoms with Crippen LogP contribution in [-0.4, -0.2) is 22.4 Å². The number of rotatable bonds is 5. The molecule has 0 saturated heterocycles. The predicted molar refractivity (Wildman–Crippen MR) is 78.5 cm³/mol. The van der Waals surface area contributed by atoms with Gasteiger partial charge in [-0.3, -0.25) is 4.79 Å². The lowest BCUT2D eigenvalue weighted by molar-refractivity contribution is -0.116. The molecule has 2 N–H and O–H groups in total. The summed E-state index contributed by atoms with van der Waals surface area (Å²) in [7, 11) is 0. The van der Waals surface area contributed by atoms with Gasteiger partial charge in [-0.2, -0.15) is 0 Å². The zero-order valence-electron chi connectivity index (χ0n) is 10.3. The van der Waals surface area contributed by atoms with E-state index in [2.05, 4.69) is 31.2 Å². The molecule has 0 aliphatic carbocycles. The van der Waals surface area contributed by atoms with Crippen LogP contribution in [0.15, 0.2) is 47.3 Å². The van der Waals surface area contributed by atoms with E-state index in [1.54, 1.807) is 18.6 Å². The summed E-state index contributed by atoms with van der Waals surface area (Å²) in [6.45, 7) is 0.585. The topological polar surface area (TPSA) is 57.8 Å². The number of nitrogens with zero attached hydrogens (tertiary/aromatic N) is 1. The summed E-state index contributed by atoms with van der Waals surface area (Å²) in [6.07, 6.45) is 7.45. The van der Waals surface area contributed by atoms with Gasteiger partial charge in [0.1, 0.15) is 0 Å². The van der Waals surface area contributed by atoms with Gasteiger partial charge in [0.15, 0.2) is 0 Å². The Morgan fingerprint density at radius 1 is 1.42 bits per heavy atom. The molecule has 0 radical (unpaired) electrons. The highest BCUT2D eigenvalue weighted by Crippen LogP contribution is 2.16. The van der Waals surface area contributed by atoms with Gasteiger partial charge in [0.05, 0.1) is 6.33 Å². The van der Waals surface area contributed by atoms with Gasteiger partial charge in [0.2, 0.25) is 5.91 Å². The first kappa shape index (κ1) is 13.5. The lowest BCUT2D eigenvalue weighted by atomic mass is 10.2.